The number of hydrogen-bond acceptors (Lipinski definition) is 2. The minimum atomic E-state index is -0.529. The Morgan fingerprint density at radius 3 is 2.04 bits per heavy atom. The molecule has 0 atom stereocenters. The van der Waals surface area contributed by atoms with Gasteiger partial charge < -0.3 is 9.47 Å². The lowest BCUT2D eigenvalue weighted by Gasteiger charge is -2.12. The molecule has 2 aromatic rings. The van der Waals surface area contributed by atoms with Gasteiger partial charge in [-0.1, -0.05) is 29.3 Å². The first kappa shape index (κ1) is 16.1. The van der Waals surface area contributed by atoms with E-state index in [4.69, 9.17) is 9.47 Å². The van der Waals surface area contributed by atoms with E-state index in [1.165, 1.54) is 12.1 Å². The van der Waals surface area contributed by atoms with Crippen molar-refractivity contribution < 1.29 is 18.3 Å². The number of rotatable bonds is 4. The van der Waals surface area contributed by atoms with Crippen LogP contribution in [0.4, 0.5) is 8.78 Å². The third-order valence-electron chi connectivity index (χ3n) is 3.97. The largest absolute Gasteiger partial charge is 0.350 e. The smallest absolute Gasteiger partial charge is 0.158 e. The van der Waals surface area contributed by atoms with Gasteiger partial charge in [-0.2, -0.15) is 0 Å². The summed E-state index contributed by atoms with van der Waals surface area (Å²) >= 11 is 0. The molecule has 2 nitrogen and oxygen atoms in total. The lowest BCUT2D eigenvalue weighted by Crippen LogP contribution is -2.09. The van der Waals surface area contributed by atoms with Gasteiger partial charge in [0.1, 0.15) is 11.6 Å². The Hall–Kier alpha value is -1.78. The van der Waals surface area contributed by atoms with Crippen molar-refractivity contribution in [2.75, 3.05) is 13.2 Å². The van der Waals surface area contributed by atoms with Crippen molar-refractivity contribution >= 4 is 0 Å². The maximum absolute atomic E-state index is 14.5. The molecule has 0 aliphatic carbocycles. The highest BCUT2D eigenvalue weighted by molar-refractivity contribution is 5.67. The van der Waals surface area contributed by atoms with Crippen LogP contribution in [0.25, 0.3) is 11.1 Å². The summed E-state index contributed by atoms with van der Waals surface area (Å²) in [6, 6.07) is 8.40. The van der Waals surface area contributed by atoms with Gasteiger partial charge in [0.2, 0.25) is 0 Å². The van der Waals surface area contributed by atoms with Crippen LogP contribution in [0.1, 0.15) is 23.1 Å². The van der Waals surface area contributed by atoms with Gasteiger partial charge in [0.05, 0.1) is 18.8 Å². The van der Waals surface area contributed by atoms with Crippen LogP contribution in [0.5, 0.6) is 0 Å². The topological polar surface area (TPSA) is 18.5 Å². The first-order chi connectivity index (χ1) is 11.0. The van der Waals surface area contributed by atoms with Crippen LogP contribution in [0.2, 0.25) is 0 Å². The minimum absolute atomic E-state index is 0.0360. The molecule has 23 heavy (non-hydrogen) atoms. The van der Waals surface area contributed by atoms with Gasteiger partial charge in [-0.3, -0.25) is 0 Å². The van der Waals surface area contributed by atoms with E-state index < -0.39 is 11.6 Å². The maximum atomic E-state index is 14.5. The number of aryl methyl sites for hydroxylation is 3. The van der Waals surface area contributed by atoms with Crippen LogP contribution >= 0.6 is 0 Å². The Morgan fingerprint density at radius 2 is 1.48 bits per heavy atom. The zero-order valence-corrected chi connectivity index (χ0v) is 13.4. The number of halogens is 2. The van der Waals surface area contributed by atoms with Crippen LogP contribution in [0, 0.1) is 25.5 Å². The molecule has 122 valence electrons. The van der Waals surface area contributed by atoms with Crippen molar-refractivity contribution in [2.24, 2.45) is 0 Å². The predicted octanol–water partition coefficient (Wildman–Crippen LogP) is 4.55. The van der Waals surface area contributed by atoms with Gasteiger partial charge in [0, 0.05) is 6.42 Å². The average Bonchev–Trinajstić information content (AvgIpc) is 2.96. The van der Waals surface area contributed by atoms with Crippen LogP contribution < -0.4 is 0 Å². The van der Waals surface area contributed by atoms with E-state index in [9.17, 15) is 8.78 Å². The second-order valence-corrected chi connectivity index (χ2v) is 6.02. The second-order valence-electron chi connectivity index (χ2n) is 6.02. The molecule has 0 radical (unpaired) electrons. The van der Waals surface area contributed by atoms with E-state index in [2.05, 4.69) is 0 Å². The second kappa shape index (κ2) is 6.77. The summed E-state index contributed by atoms with van der Waals surface area (Å²) in [7, 11) is 0. The fourth-order valence-corrected chi connectivity index (χ4v) is 3.02. The SMILES string of the molecule is Cc1cc(C)cc(-c2c(F)cc(CCC3OCCO3)cc2F)c1. The quantitative estimate of drug-likeness (QED) is 0.823. The van der Waals surface area contributed by atoms with Crippen molar-refractivity contribution in [1.29, 1.82) is 0 Å². The molecule has 1 fully saturated rings. The molecule has 0 aromatic heterocycles. The number of hydrogen-bond donors (Lipinski definition) is 0. The molecule has 0 bridgehead atoms. The Morgan fingerprint density at radius 1 is 0.913 bits per heavy atom. The predicted molar refractivity (Wildman–Crippen MR) is 85.3 cm³/mol. The average molecular weight is 318 g/mol. The molecule has 2 aromatic carbocycles. The van der Waals surface area contributed by atoms with Gasteiger partial charge >= 0.3 is 0 Å². The lowest BCUT2D eigenvalue weighted by molar-refractivity contribution is -0.0462. The Balaban J connectivity index is 1.84. The standard InChI is InChI=1S/C19H20F2O2/c1-12-7-13(2)9-15(8-12)19-16(20)10-14(11-17(19)21)3-4-18-22-5-6-23-18/h7-11,18H,3-6H2,1-2H3. The molecule has 4 heteroatoms. The van der Waals surface area contributed by atoms with E-state index in [0.29, 0.717) is 37.2 Å². The molecule has 1 heterocycles. The molecular formula is C19H20F2O2. The van der Waals surface area contributed by atoms with E-state index in [1.807, 2.05) is 19.9 Å². The maximum Gasteiger partial charge on any atom is 0.158 e. The monoisotopic (exact) mass is 318 g/mol. The summed E-state index contributed by atoms with van der Waals surface area (Å²) in [4.78, 5) is 0. The van der Waals surface area contributed by atoms with Crippen LogP contribution in [0.15, 0.2) is 30.3 Å². The first-order valence-corrected chi connectivity index (χ1v) is 7.83. The van der Waals surface area contributed by atoms with Crippen molar-refractivity contribution in [3.63, 3.8) is 0 Å². The molecule has 0 unspecified atom stereocenters. The van der Waals surface area contributed by atoms with Gasteiger partial charge in [-0.05, 0) is 43.5 Å². The Labute approximate surface area is 135 Å². The summed E-state index contributed by atoms with van der Waals surface area (Å²) in [6.07, 6.45) is 0.855. The van der Waals surface area contributed by atoms with Crippen molar-refractivity contribution in [2.45, 2.75) is 33.0 Å². The zero-order valence-electron chi connectivity index (χ0n) is 13.4. The summed E-state index contributed by atoms with van der Waals surface area (Å²) in [5, 5.41) is 0. The highest BCUT2D eigenvalue weighted by atomic mass is 19.1. The minimum Gasteiger partial charge on any atom is -0.350 e. The Kier molecular flexibility index (Phi) is 4.74. The van der Waals surface area contributed by atoms with E-state index in [0.717, 1.165) is 11.1 Å². The summed E-state index contributed by atoms with van der Waals surface area (Å²) in [5.41, 5.74) is 3.20. The van der Waals surface area contributed by atoms with E-state index in [1.54, 1.807) is 12.1 Å². The Bertz CT molecular complexity index is 663. The molecule has 1 aliphatic heterocycles. The highest BCUT2D eigenvalue weighted by Gasteiger charge is 2.18. The lowest BCUT2D eigenvalue weighted by atomic mass is 9.97. The van der Waals surface area contributed by atoms with E-state index >= 15 is 0 Å². The summed E-state index contributed by atoms with van der Waals surface area (Å²) in [6.45, 7) is 5.00. The van der Waals surface area contributed by atoms with Gasteiger partial charge in [-0.25, -0.2) is 8.78 Å². The van der Waals surface area contributed by atoms with Crippen molar-refractivity contribution in [1.82, 2.24) is 0 Å². The molecule has 0 amide bonds. The van der Waals surface area contributed by atoms with Crippen LogP contribution in [-0.4, -0.2) is 19.5 Å². The fourth-order valence-electron chi connectivity index (χ4n) is 3.02. The highest BCUT2D eigenvalue weighted by Crippen LogP contribution is 2.29. The van der Waals surface area contributed by atoms with Crippen molar-refractivity contribution in [3.8, 4) is 11.1 Å². The molecule has 0 N–H and O–H groups in total. The molecule has 0 spiro atoms. The molecule has 1 aliphatic rings. The molecule has 3 rings (SSSR count). The molecule has 1 saturated heterocycles. The summed E-state index contributed by atoms with van der Waals surface area (Å²) in [5.74, 6) is -1.06. The summed E-state index contributed by atoms with van der Waals surface area (Å²) < 4.78 is 39.6. The van der Waals surface area contributed by atoms with Crippen LogP contribution in [0.3, 0.4) is 0 Å². The van der Waals surface area contributed by atoms with Gasteiger partial charge in [-0.15, -0.1) is 0 Å². The zero-order chi connectivity index (χ0) is 16.4. The number of ether oxygens (including phenoxy) is 2. The normalized spacial score (nSPS) is 15.3. The van der Waals surface area contributed by atoms with Crippen molar-refractivity contribution in [3.05, 3.63) is 58.7 Å². The third-order valence-corrected chi connectivity index (χ3v) is 3.97. The van der Waals surface area contributed by atoms with Crippen LogP contribution in [-0.2, 0) is 15.9 Å². The first-order valence-electron chi connectivity index (χ1n) is 7.83. The van der Waals surface area contributed by atoms with E-state index in [-0.39, 0.29) is 11.9 Å². The number of benzene rings is 2. The molecular weight excluding hydrogens is 298 g/mol. The van der Waals surface area contributed by atoms with Gasteiger partial charge in [0.15, 0.2) is 6.29 Å². The third kappa shape index (κ3) is 3.77. The fraction of sp³-hybridized carbons (Fsp3) is 0.368. The molecule has 0 saturated carbocycles. The van der Waals surface area contributed by atoms with Gasteiger partial charge in [0.25, 0.3) is 0 Å².